The standard InChI is InChI=1S/C17H19N5O3/c1-11-5-13(16-18-3-4-22(16)7-11)17(23)20-14-9-24-10-15(14)25-12-6-19-21(2)8-12/h3-8,14-15H,9-10H2,1-2H3,(H,20,23)/t14-,15+/m0/s1. The summed E-state index contributed by atoms with van der Waals surface area (Å²) in [6.07, 6.45) is 8.61. The summed E-state index contributed by atoms with van der Waals surface area (Å²) in [5.41, 5.74) is 2.16. The van der Waals surface area contributed by atoms with E-state index in [0.29, 0.717) is 30.2 Å². The Kier molecular flexibility index (Phi) is 3.89. The molecule has 1 aliphatic heterocycles. The van der Waals surface area contributed by atoms with E-state index in [1.165, 1.54) is 0 Å². The Morgan fingerprint density at radius 2 is 2.28 bits per heavy atom. The van der Waals surface area contributed by atoms with Gasteiger partial charge in [0.15, 0.2) is 5.75 Å². The fourth-order valence-corrected chi connectivity index (χ4v) is 3.01. The van der Waals surface area contributed by atoms with Crippen molar-refractivity contribution in [1.82, 2.24) is 24.5 Å². The lowest BCUT2D eigenvalue weighted by Crippen LogP contribution is -2.45. The molecule has 0 unspecified atom stereocenters. The fraction of sp³-hybridized carbons (Fsp3) is 0.353. The summed E-state index contributed by atoms with van der Waals surface area (Å²) >= 11 is 0. The molecule has 0 spiro atoms. The Labute approximate surface area is 144 Å². The zero-order chi connectivity index (χ0) is 17.4. The van der Waals surface area contributed by atoms with Crippen molar-refractivity contribution in [2.75, 3.05) is 13.2 Å². The number of rotatable bonds is 4. The molecule has 0 radical (unpaired) electrons. The molecular weight excluding hydrogens is 322 g/mol. The van der Waals surface area contributed by atoms with Crippen LogP contribution in [-0.2, 0) is 11.8 Å². The van der Waals surface area contributed by atoms with Crippen LogP contribution in [0.25, 0.3) is 5.65 Å². The summed E-state index contributed by atoms with van der Waals surface area (Å²) in [4.78, 5) is 17.0. The van der Waals surface area contributed by atoms with Crippen molar-refractivity contribution in [2.45, 2.75) is 19.1 Å². The van der Waals surface area contributed by atoms with E-state index < -0.39 is 0 Å². The molecular formula is C17H19N5O3. The van der Waals surface area contributed by atoms with E-state index >= 15 is 0 Å². The lowest BCUT2D eigenvalue weighted by atomic mass is 10.1. The number of hydrogen-bond donors (Lipinski definition) is 1. The summed E-state index contributed by atoms with van der Waals surface area (Å²) in [6, 6.07) is 1.60. The van der Waals surface area contributed by atoms with Crippen LogP contribution in [0.3, 0.4) is 0 Å². The van der Waals surface area contributed by atoms with Gasteiger partial charge in [-0.15, -0.1) is 0 Å². The number of carbonyl (C=O) groups excluding carboxylic acids is 1. The van der Waals surface area contributed by atoms with Gasteiger partial charge in [0.25, 0.3) is 5.91 Å². The molecule has 8 heteroatoms. The average Bonchev–Trinajstić information content (AvgIpc) is 3.29. The number of nitrogens with zero attached hydrogens (tertiary/aromatic N) is 4. The maximum Gasteiger partial charge on any atom is 0.255 e. The van der Waals surface area contributed by atoms with E-state index in [0.717, 1.165) is 5.56 Å². The number of hydrogen-bond acceptors (Lipinski definition) is 5. The number of amides is 1. The van der Waals surface area contributed by atoms with Gasteiger partial charge < -0.3 is 19.2 Å². The highest BCUT2D eigenvalue weighted by Gasteiger charge is 2.32. The van der Waals surface area contributed by atoms with E-state index in [1.807, 2.05) is 36.8 Å². The Morgan fingerprint density at radius 3 is 3.08 bits per heavy atom. The van der Waals surface area contributed by atoms with Crippen LogP contribution in [0.4, 0.5) is 0 Å². The van der Waals surface area contributed by atoms with Crippen LogP contribution < -0.4 is 10.1 Å². The molecule has 1 saturated heterocycles. The molecule has 25 heavy (non-hydrogen) atoms. The number of carbonyl (C=O) groups is 1. The van der Waals surface area contributed by atoms with Crippen molar-refractivity contribution < 1.29 is 14.3 Å². The molecule has 1 fully saturated rings. The zero-order valence-corrected chi connectivity index (χ0v) is 14.0. The Bertz CT molecular complexity index is 916. The molecule has 0 aromatic carbocycles. The molecule has 4 rings (SSSR count). The molecule has 0 bridgehead atoms. The van der Waals surface area contributed by atoms with Gasteiger partial charge in [-0.1, -0.05) is 0 Å². The summed E-state index contributed by atoms with van der Waals surface area (Å²) in [5.74, 6) is 0.471. The predicted octanol–water partition coefficient (Wildman–Crippen LogP) is 0.952. The fourth-order valence-electron chi connectivity index (χ4n) is 3.01. The maximum absolute atomic E-state index is 12.8. The second kappa shape index (κ2) is 6.21. The van der Waals surface area contributed by atoms with Crippen molar-refractivity contribution >= 4 is 11.6 Å². The van der Waals surface area contributed by atoms with Gasteiger partial charge in [0.2, 0.25) is 0 Å². The van der Waals surface area contributed by atoms with E-state index in [2.05, 4.69) is 15.4 Å². The Balaban J connectivity index is 1.52. The SMILES string of the molecule is Cc1cc(C(=O)N[C@H]2COC[C@H]2Oc2cnn(C)c2)c2nccn2c1. The molecule has 0 aliphatic carbocycles. The minimum Gasteiger partial charge on any atom is -0.482 e. The highest BCUT2D eigenvalue weighted by molar-refractivity contribution is 6.00. The maximum atomic E-state index is 12.8. The van der Waals surface area contributed by atoms with Crippen LogP contribution in [-0.4, -0.2) is 50.4 Å². The van der Waals surface area contributed by atoms with Crippen LogP contribution in [0.2, 0.25) is 0 Å². The summed E-state index contributed by atoms with van der Waals surface area (Å²) in [5, 5.41) is 7.09. The number of nitrogens with one attached hydrogen (secondary N) is 1. The third-order valence-electron chi connectivity index (χ3n) is 4.18. The topological polar surface area (TPSA) is 82.7 Å². The molecule has 130 valence electrons. The van der Waals surface area contributed by atoms with E-state index in [4.69, 9.17) is 9.47 Å². The molecule has 3 aromatic rings. The molecule has 0 saturated carbocycles. The van der Waals surface area contributed by atoms with Crippen LogP contribution in [0.1, 0.15) is 15.9 Å². The van der Waals surface area contributed by atoms with E-state index in [1.54, 1.807) is 23.3 Å². The molecule has 1 aliphatic rings. The molecule has 1 N–H and O–H groups in total. The smallest absolute Gasteiger partial charge is 0.255 e. The van der Waals surface area contributed by atoms with Crippen LogP contribution in [0, 0.1) is 6.92 Å². The van der Waals surface area contributed by atoms with Gasteiger partial charge in [-0.2, -0.15) is 5.10 Å². The van der Waals surface area contributed by atoms with Crippen molar-refractivity contribution in [3.8, 4) is 5.75 Å². The number of pyridine rings is 1. The highest BCUT2D eigenvalue weighted by Crippen LogP contribution is 2.18. The average molecular weight is 341 g/mol. The first kappa shape index (κ1) is 15.6. The predicted molar refractivity (Wildman–Crippen MR) is 89.6 cm³/mol. The third kappa shape index (κ3) is 3.08. The summed E-state index contributed by atoms with van der Waals surface area (Å²) < 4.78 is 14.9. The van der Waals surface area contributed by atoms with Crippen LogP contribution in [0.5, 0.6) is 5.75 Å². The van der Waals surface area contributed by atoms with Gasteiger partial charge in [-0.25, -0.2) is 4.98 Å². The summed E-state index contributed by atoms with van der Waals surface area (Å²) in [6.45, 7) is 2.78. The van der Waals surface area contributed by atoms with Gasteiger partial charge in [0.1, 0.15) is 11.8 Å². The lowest BCUT2D eigenvalue weighted by Gasteiger charge is -2.20. The first-order valence-corrected chi connectivity index (χ1v) is 8.07. The van der Waals surface area contributed by atoms with E-state index in [9.17, 15) is 4.79 Å². The Hall–Kier alpha value is -2.87. The highest BCUT2D eigenvalue weighted by atomic mass is 16.5. The lowest BCUT2D eigenvalue weighted by molar-refractivity contribution is 0.0905. The van der Waals surface area contributed by atoms with Crippen molar-refractivity contribution in [1.29, 1.82) is 0 Å². The monoisotopic (exact) mass is 341 g/mol. The molecule has 2 atom stereocenters. The second-order valence-corrected chi connectivity index (χ2v) is 6.21. The Morgan fingerprint density at radius 1 is 1.40 bits per heavy atom. The van der Waals surface area contributed by atoms with Crippen molar-refractivity contribution in [3.05, 3.63) is 48.2 Å². The summed E-state index contributed by atoms with van der Waals surface area (Å²) in [7, 11) is 1.82. The third-order valence-corrected chi connectivity index (χ3v) is 4.18. The van der Waals surface area contributed by atoms with Gasteiger partial charge in [-0.3, -0.25) is 9.48 Å². The number of fused-ring (bicyclic) bond motifs is 1. The van der Waals surface area contributed by atoms with Crippen LogP contribution >= 0.6 is 0 Å². The largest absolute Gasteiger partial charge is 0.482 e. The molecule has 4 heterocycles. The molecule has 1 amide bonds. The van der Waals surface area contributed by atoms with Gasteiger partial charge >= 0.3 is 0 Å². The van der Waals surface area contributed by atoms with Crippen molar-refractivity contribution in [2.24, 2.45) is 7.05 Å². The van der Waals surface area contributed by atoms with Gasteiger partial charge in [0.05, 0.1) is 37.2 Å². The minimum atomic E-state index is -0.256. The van der Waals surface area contributed by atoms with Gasteiger partial charge in [0, 0.05) is 25.6 Å². The van der Waals surface area contributed by atoms with E-state index in [-0.39, 0.29) is 18.1 Å². The van der Waals surface area contributed by atoms with Gasteiger partial charge in [-0.05, 0) is 18.6 Å². The zero-order valence-electron chi connectivity index (χ0n) is 14.0. The second-order valence-electron chi connectivity index (χ2n) is 6.21. The number of ether oxygens (including phenoxy) is 2. The normalized spacial score (nSPS) is 20.1. The van der Waals surface area contributed by atoms with Crippen LogP contribution in [0.15, 0.2) is 37.1 Å². The van der Waals surface area contributed by atoms with Crippen molar-refractivity contribution in [3.63, 3.8) is 0 Å². The number of aromatic nitrogens is 4. The molecule has 3 aromatic heterocycles. The molecule has 8 nitrogen and oxygen atoms in total. The first-order chi connectivity index (χ1) is 12.1. The first-order valence-electron chi connectivity index (χ1n) is 8.07. The quantitative estimate of drug-likeness (QED) is 0.764. The number of aryl methyl sites for hydroxylation is 2. The minimum absolute atomic E-state index is 0.185. The number of imidazole rings is 1.